The normalized spacial score (nSPS) is 13.4. The number of allylic oxidation sites excluding steroid dienone is 1. The van der Waals surface area contributed by atoms with Crippen LogP contribution in [0.15, 0.2) is 12.2 Å². The van der Waals surface area contributed by atoms with Gasteiger partial charge in [0.1, 0.15) is 0 Å². The Labute approximate surface area is 79.1 Å². The molecule has 0 heterocycles. The van der Waals surface area contributed by atoms with Gasteiger partial charge in [0.15, 0.2) is 0 Å². The average Bonchev–Trinajstić information content (AvgIpc) is 2.04. The summed E-state index contributed by atoms with van der Waals surface area (Å²) in [5, 5.41) is 17.7. The molecule has 0 saturated heterocycles. The van der Waals surface area contributed by atoms with Crippen molar-refractivity contribution in [2.45, 2.75) is 45.1 Å². The first-order valence-corrected chi connectivity index (χ1v) is 4.71. The Morgan fingerprint density at radius 1 is 1.46 bits per heavy atom. The molecule has 0 aliphatic carbocycles. The quantitative estimate of drug-likeness (QED) is 0.597. The molecule has 0 aromatic heterocycles. The molecule has 2 N–H and O–H groups in total. The predicted molar refractivity (Wildman–Crippen MR) is 51.5 cm³/mol. The first-order chi connectivity index (χ1) is 6.16. The van der Waals surface area contributed by atoms with Crippen molar-refractivity contribution in [1.29, 1.82) is 0 Å². The number of aliphatic hydroxyl groups excluding tert-OH is 1. The summed E-state index contributed by atoms with van der Waals surface area (Å²) in [7, 11) is 0. The maximum absolute atomic E-state index is 10.1. The minimum absolute atomic E-state index is 0.147. The molecule has 3 nitrogen and oxygen atoms in total. The molecule has 13 heavy (non-hydrogen) atoms. The zero-order chi connectivity index (χ0) is 10.1. The third-order valence-electron chi connectivity index (χ3n) is 1.74. The van der Waals surface area contributed by atoms with E-state index in [4.69, 9.17) is 5.11 Å². The van der Waals surface area contributed by atoms with Crippen LogP contribution in [0.25, 0.3) is 0 Å². The lowest BCUT2D eigenvalue weighted by Gasteiger charge is -2.05. The number of rotatable bonds is 7. The molecule has 3 heteroatoms. The van der Waals surface area contributed by atoms with Crippen LogP contribution in [-0.2, 0) is 4.79 Å². The Hall–Kier alpha value is -0.830. The highest BCUT2D eigenvalue weighted by Gasteiger charge is 2.03. The van der Waals surface area contributed by atoms with Crippen LogP contribution in [0.5, 0.6) is 0 Å². The highest BCUT2D eigenvalue weighted by Crippen LogP contribution is 2.05. The minimum atomic E-state index is -0.795. The van der Waals surface area contributed by atoms with Crippen LogP contribution in [-0.4, -0.2) is 22.3 Å². The monoisotopic (exact) mass is 186 g/mol. The van der Waals surface area contributed by atoms with Crippen molar-refractivity contribution in [1.82, 2.24) is 0 Å². The van der Waals surface area contributed by atoms with Gasteiger partial charge in [-0.3, -0.25) is 4.79 Å². The van der Waals surface area contributed by atoms with Crippen LogP contribution >= 0.6 is 0 Å². The van der Waals surface area contributed by atoms with Crippen molar-refractivity contribution in [3.05, 3.63) is 12.2 Å². The second-order valence-electron chi connectivity index (χ2n) is 3.06. The number of hydrogen-bond acceptors (Lipinski definition) is 2. The lowest BCUT2D eigenvalue weighted by Crippen LogP contribution is -2.06. The van der Waals surface area contributed by atoms with E-state index in [2.05, 4.69) is 0 Å². The number of hydrogen-bond donors (Lipinski definition) is 2. The topological polar surface area (TPSA) is 57.5 Å². The van der Waals surface area contributed by atoms with E-state index in [1.54, 1.807) is 0 Å². The van der Waals surface area contributed by atoms with Gasteiger partial charge >= 0.3 is 5.97 Å². The summed E-state index contributed by atoms with van der Waals surface area (Å²) in [4.78, 5) is 10.1. The Kier molecular flexibility index (Phi) is 7.30. The van der Waals surface area contributed by atoms with E-state index in [9.17, 15) is 9.90 Å². The Morgan fingerprint density at radius 3 is 2.69 bits per heavy atom. The van der Waals surface area contributed by atoms with Crippen LogP contribution in [0.4, 0.5) is 0 Å². The zero-order valence-electron chi connectivity index (χ0n) is 8.07. The van der Waals surface area contributed by atoms with E-state index >= 15 is 0 Å². The molecule has 76 valence electrons. The highest BCUT2D eigenvalue weighted by molar-refractivity contribution is 5.66. The van der Waals surface area contributed by atoms with Gasteiger partial charge in [-0.15, -0.1) is 0 Å². The van der Waals surface area contributed by atoms with Gasteiger partial charge in [0.25, 0.3) is 0 Å². The van der Waals surface area contributed by atoms with Crippen molar-refractivity contribution >= 4 is 5.97 Å². The van der Waals surface area contributed by atoms with E-state index in [0.717, 1.165) is 6.42 Å². The van der Waals surface area contributed by atoms with E-state index in [0.29, 0.717) is 19.3 Å². The maximum Gasteiger partial charge on any atom is 0.303 e. The molecule has 0 aliphatic rings. The Bertz CT molecular complexity index is 164. The summed E-state index contributed by atoms with van der Waals surface area (Å²) in [6, 6.07) is 0. The van der Waals surface area contributed by atoms with Gasteiger partial charge in [-0.25, -0.2) is 0 Å². The van der Waals surface area contributed by atoms with Crippen LogP contribution in [0.1, 0.15) is 39.0 Å². The summed E-state index contributed by atoms with van der Waals surface area (Å²) < 4.78 is 0. The summed E-state index contributed by atoms with van der Waals surface area (Å²) in [6.45, 7) is 2.04. The van der Waals surface area contributed by atoms with Gasteiger partial charge in [0, 0.05) is 6.42 Å². The zero-order valence-corrected chi connectivity index (χ0v) is 8.07. The fourth-order valence-corrected chi connectivity index (χ4v) is 1.03. The lowest BCUT2D eigenvalue weighted by atomic mass is 10.1. The van der Waals surface area contributed by atoms with E-state index in [1.165, 1.54) is 0 Å². The summed E-state index contributed by atoms with van der Waals surface area (Å²) >= 11 is 0. The van der Waals surface area contributed by atoms with Crippen LogP contribution < -0.4 is 0 Å². The third kappa shape index (κ3) is 9.08. The van der Waals surface area contributed by atoms with Crippen molar-refractivity contribution in [2.75, 3.05) is 0 Å². The fourth-order valence-electron chi connectivity index (χ4n) is 1.03. The Morgan fingerprint density at radius 2 is 2.15 bits per heavy atom. The molecule has 0 amide bonds. The number of aliphatic hydroxyl groups is 1. The summed E-state index contributed by atoms with van der Waals surface area (Å²) in [5.74, 6) is -0.795. The summed E-state index contributed by atoms with van der Waals surface area (Å²) in [6.07, 6.45) is 6.43. The molecular formula is C10H18O3. The molecule has 0 bridgehead atoms. The van der Waals surface area contributed by atoms with Gasteiger partial charge in [-0.2, -0.15) is 0 Å². The SMILES string of the molecule is CC/C=C/CC(O)CCCC(=O)O. The van der Waals surface area contributed by atoms with Crippen molar-refractivity contribution in [3.8, 4) is 0 Å². The molecule has 0 aromatic rings. The first kappa shape index (κ1) is 12.2. The highest BCUT2D eigenvalue weighted by atomic mass is 16.4. The van der Waals surface area contributed by atoms with Gasteiger partial charge < -0.3 is 10.2 Å². The third-order valence-corrected chi connectivity index (χ3v) is 1.74. The molecule has 1 unspecified atom stereocenters. The standard InChI is InChI=1S/C10H18O3/c1-2-3-4-6-9(11)7-5-8-10(12)13/h3-4,9,11H,2,5-8H2,1H3,(H,12,13)/b4-3+. The maximum atomic E-state index is 10.1. The largest absolute Gasteiger partial charge is 0.481 e. The van der Waals surface area contributed by atoms with Crippen molar-refractivity contribution in [2.24, 2.45) is 0 Å². The molecule has 0 aromatic carbocycles. The fraction of sp³-hybridized carbons (Fsp3) is 0.700. The molecule has 0 aliphatic heterocycles. The van der Waals surface area contributed by atoms with Crippen LogP contribution in [0.3, 0.4) is 0 Å². The second-order valence-corrected chi connectivity index (χ2v) is 3.06. The number of carbonyl (C=O) groups is 1. The number of carboxylic acid groups (broad SMARTS) is 1. The van der Waals surface area contributed by atoms with E-state index < -0.39 is 5.97 Å². The van der Waals surface area contributed by atoms with Gasteiger partial charge in [0.2, 0.25) is 0 Å². The van der Waals surface area contributed by atoms with Crippen molar-refractivity contribution < 1.29 is 15.0 Å². The molecule has 0 rings (SSSR count). The lowest BCUT2D eigenvalue weighted by molar-refractivity contribution is -0.137. The van der Waals surface area contributed by atoms with Gasteiger partial charge in [0.05, 0.1) is 6.10 Å². The Balaban J connectivity index is 3.34. The molecule has 0 fully saturated rings. The second kappa shape index (κ2) is 7.80. The minimum Gasteiger partial charge on any atom is -0.481 e. The first-order valence-electron chi connectivity index (χ1n) is 4.71. The van der Waals surface area contributed by atoms with E-state index in [1.807, 2.05) is 19.1 Å². The van der Waals surface area contributed by atoms with Crippen LogP contribution in [0, 0.1) is 0 Å². The summed E-state index contributed by atoms with van der Waals surface area (Å²) in [5.41, 5.74) is 0. The van der Waals surface area contributed by atoms with Gasteiger partial charge in [-0.05, 0) is 25.7 Å². The molecule has 0 spiro atoms. The number of carboxylic acids is 1. The smallest absolute Gasteiger partial charge is 0.303 e. The number of aliphatic carboxylic acids is 1. The van der Waals surface area contributed by atoms with Crippen molar-refractivity contribution in [3.63, 3.8) is 0 Å². The predicted octanol–water partition coefficient (Wildman–Crippen LogP) is 1.96. The molecule has 0 radical (unpaired) electrons. The average molecular weight is 186 g/mol. The van der Waals surface area contributed by atoms with E-state index in [-0.39, 0.29) is 12.5 Å². The van der Waals surface area contributed by atoms with Gasteiger partial charge in [-0.1, -0.05) is 19.1 Å². The van der Waals surface area contributed by atoms with Crippen LogP contribution in [0.2, 0.25) is 0 Å². The molecule has 1 atom stereocenters. The molecule has 0 saturated carbocycles. The molecular weight excluding hydrogens is 168 g/mol.